The van der Waals surface area contributed by atoms with Gasteiger partial charge in [-0.3, -0.25) is 9.59 Å². The van der Waals surface area contributed by atoms with Crippen molar-refractivity contribution >= 4 is 28.0 Å². The molecule has 0 unspecified atom stereocenters. The monoisotopic (exact) mass is 525 g/mol. The van der Waals surface area contributed by atoms with E-state index < -0.39 is 22.1 Å². The maximum absolute atomic E-state index is 12.6. The number of rotatable bonds is 10. The lowest BCUT2D eigenvalue weighted by Gasteiger charge is -2.10. The van der Waals surface area contributed by atoms with Crippen LogP contribution in [0.3, 0.4) is 0 Å². The number of hydrogen-bond acceptors (Lipinski definition) is 8. The molecule has 0 aliphatic rings. The number of nitrogens with zero attached hydrogens (tertiary/aromatic N) is 1. The van der Waals surface area contributed by atoms with Crippen LogP contribution in [0.2, 0.25) is 0 Å². The number of sulfonamides is 1. The summed E-state index contributed by atoms with van der Waals surface area (Å²) in [4.78, 5) is 39.9. The second-order valence-electron chi connectivity index (χ2n) is 8.02. The van der Waals surface area contributed by atoms with Crippen LogP contribution in [0.4, 0.5) is 4.79 Å². The molecule has 2 N–H and O–H groups in total. The number of nitrogens with one attached hydrogen (secondary N) is 2. The van der Waals surface area contributed by atoms with Gasteiger partial charge in [-0.2, -0.15) is 0 Å². The maximum atomic E-state index is 12.6. The molecule has 1 aromatic heterocycles. The van der Waals surface area contributed by atoms with Gasteiger partial charge in [-0.15, -0.1) is 0 Å². The van der Waals surface area contributed by atoms with Crippen LogP contribution in [0.1, 0.15) is 46.5 Å². The van der Waals surface area contributed by atoms with Crippen molar-refractivity contribution in [3.05, 3.63) is 89.6 Å². The Hall–Kier alpha value is -4.25. The second kappa shape index (κ2) is 12.6. The van der Waals surface area contributed by atoms with E-state index in [1.54, 1.807) is 43.3 Å². The van der Waals surface area contributed by atoms with Gasteiger partial charge in [0, 0.05) is 24.4 Å². The highest BCUT2D eigenvalue weighted by Crippen LogP contribution is 2.14. The summed E-state index contributed by atoms with van der Waals surface area (Å²) in [6, 6.07) is 17.3. The lowest BCUT2D eigenvalue weighted by Crippen LogP contribution is -2.30. The van der Waals surface area contributed by atoms with Gasteiger partial charge in [0.05, 0.1) is 10.5 Å². The summed E-state index contributed by atoms with van der Waals surface area (Å²) >= 11 is 0. The number of ether oxygens (including phenoxy) is 2. The van der Waals surface area contributed by atoms with Crippen molar-refractivity contribution in [1.82, 2.24) is 15.0 Å². The van der Waals surface area contributed by atoms with E-state index in [1.807, 2.05) is 17.7 Å². The molecule has 0 aliphatic heterocycles. The van der Waals surface area contributed by atoms with Crippen LogP contribution < -0.4 is 14.8 Å². The molecule has 2 amide bonds. The summed E-state index contributed by atoms with van der Waals surface area (Å²) in [5.41, 5.74) is 1.32. The fourth-order valence-electron chi connectivity index (χ4n) is 3.02. The summed E-state index contributed by atoms with van der Waals surface area (Å²) in [6.45, 7) is 3.93. The minimum absolute atomic E-state index is 0.0444. The predicted molar refractivity (Wildman–Crippen MR) is 135 cm³/mol. The normalized spacial score (nSPS) is 11.7. The quantitative estimate of drug-likeness (QED) is 0.383. The highest BCUT2D eigenvalue weighted by Gasteiger charge is 2.19. The summed E-state index contributed by atoms with van der Waals surface area (Å²) in [7, 11) is -4.14. The van der Waals surface area contributed by atoms with Crippen molar-refractivity contribution in [2.75, 3.05) is 6.54 Å². The molecule has 0 bridgehead atoms. The average molecular weight is 526 g/mol. The van der Waals surface area contributed by atoms with E-state index in [-0.39, 0.29) is 28.4 Å². The molecule has 3 aromatic rings. The van der Waals surface area contributed by atoms with Crippen LogP contribution in [0.5, 0.6) is 5.88 Å². The molecule has 2 aromatic carbocycles. The molecular formula is C26H27N3O7S. The molecule has 3 rings (SSSR count). The minimum Gasteiger partial charge on any atom is -0.431 e. The molecule has 1 heterocycles. The third-order valence-electron chi connectivity index (χ3n) is 5.25. The zero-order valence-corrected chi connectivity index (χ0v) is 21.2. The van der Waals surface area contributed by atoms with E-state index in [4.69, 9.17) is 9.47 Å². The molecule has 1 atom stereocenters. The first kappa shape index (κ1) is 27.3. The van der Waals surface area contributed by atoms with E-state index in [1.165, 1.54) is 24.3 Å². The van der Waals surface area contributed by atoms with Crippen LogP contribution in [-0.4, -0.2) is 44.0 Å². The SMILES string of the molecule is CC[C@H](C)OC(=O)Oc1ccc(C(=O)NS(=O)(=O)c2ccc(CCNC(=O)c3ccccc3)cc2)cn1. The van der Waals surface area contributed by atoms with Crippen molar-refractivity contribution in [2.24, 2.45) is 0 Å². The van der Waals surface area contributed by atoms with Crippen LogP contribution in [0.15, 0.2) is 77.8 Å². The zero-order valence-electron chi connectivity index (χ0n) is 20.3. The largest absolute Gasteiger partial charge is 0.515 e. The van der Waals surface area contributed by atoms with Crippen LogP contribution >= 0.6 is 0 Å². The molecule has 37 heavy (non-hydrogen) atoms. The Morgan fingerprint density at radius 2 is 1.62 bits per heavy atom. The number of hydrogen-bond donors (Lipinski definition) is 2. The Morgan fingerprint density at radius 3 is 2.24 bits per heavy atom. The lowest BCUT2D eigenvalue weighted by atomic mass is 10.1. The molecule has 11 heteroatoms. The van der Waals surface area contributed by atoms with E-state index >= 15 is 0 Å². The van der Waals surface area contributed by atoms with Crippen molar-refractivity contribution in [2.45, 2.75) is 37.7 Å². The Kier molecular flexibility index (Phi) is 9.33. The molecule has 194 valence electrons. The van der Waals surface area contributed by atoms with Crippen LogP contribution in [0.25, 0.3) is 0 Å². The highest BCUT2D eigenvalue weighted by molar-refractivity contribution is 7.90. The Bertz CT molecular complexity index is 1330. The molecule has 0 radical (unpaired) electrons. The van der Waals surface area contributed by atoms with E-state index in [0.29, 0.717) is 24.9 Å². The molecule has 10 nitrogen and oxygen atoms in total. The van der Waals surface area contributed by atoms with Gasteiger partial charge >= 0.3 is 6.16 Å². The number of aromatic nitrogens is 1. The fourth-order valence-corrected chi connectivity index (χ4v) is 3.99. The lowest BCUT2D eigenvalue weighted by molar-refractivity contribution is 0.0631. The van der Waals surface area contributed by atoms with Crippen molar-refractivity contribution in [3.63, 3.8) is 0 Å². The van der Waals surface area contributed by atoms with Gasteiger partial charge in [-0.1, -0.05) is 37.3 Å². The number of benzene rings is 2. The average Bonchev–Trinajstić information content (AvgIpc) is 2.89. The van der Waals surface area contributed by atoms with E-state index in [2.05, 4.69) is 10.3 Å². The standard InChI is InChI=1S/C26H27N3O7S/c1-3-18(2)35-26(32)36-23-14-11-21(17-28-23)25(31)29-37(33,34)22-12-9-19(10-13-22)15-16-27-24(30)20-7-5-4-6-8-20/h4-14,17-18H,3,15-16H2,1-2H3,(H,27,30)(H,29,31)/t18-/m0/s1. The van der Waals surface area contributed by atoms with Gasteiger partial charge in [0.25, 0.3) is 21.8 Å². The van der Waals surface area contributed by atoms with Gasteiger partial charge in [-0.05, 0) is 55.7 Å². The van der Waals surface area contributed by atoms with E-state index in [9.17, 15) is 22.8 Å². The first-order valence-corrected chi connectivity index (χ1v) is 13.0. The third-order valence-corrected chi connectivity index (χ3v) is 6.60. The van der Waals surface area contributed by atoms with Crippen molar-refractivity contribution in [1.29, 1.82) is 0 Å². The van der Waals surface area contributed by atoms with Gasteiger partial charge < -0.3 is 14.8 Å². The number of amides is 2. The minimum atomic E-state index is -4.14. The molecule has 0 aliphatic carbocycles. The van der Waals surface area contributed by atoms with Crippen molar-refractivity contribution < 1.29 is 32.3 Å². The summed E-state index contributed by atoms with van der Waals surface area (Å²) < 4.78 is 37.2. The Labute approximate surface area is 215 Å². The summed E-state index contributed by atoms with van der Waals surface area (Å²) in [5.74, 6) is -1.18. The molecule has 0 fully saturated rings. The third kappa shape index (κ3) is 8.14. The molecule has 0 spiro atoms. The van der Waals surface area contributed by atoms with Gasteiger partial charge in [0.1, 0.15) is 6.10 Å². The van der Waals surface area contributed by atoms with Gasteiger partial charge in [-0.25, -0.2) is 22.9 Å². The topological polar surface area (TPSA) is 141 Å². The smallest absolute Gasteiger partial charge is 0.431 e. The first-order chi connectivity index (χ1) is 17.7. The maximum Gasteiger partial charge on any atom is 0.515 e. The van der Waals surface area contributed by atoms with Gasteiger partial charge in [0.2, 0.25) is 5.88 Å². The number of carbonyl (C=O) groups excluding carboxylic acids is 3. The molecular weight excluding hydrogens is 498 g/mol. The molecule has 0 saturated carbocycles. The molecule has 0 saturated heterocycles. The van der Waals surface area contributed by atoms with E-state index in [0.717, 1.165) is 11.8 Å². The Morgan fingerprint density at radius 1 is 0.919 bits per heavy atom. The van der Waals surface area contributed by atoms with Crippen molar-refractivity contribution in [3.8, 4) is 5.88 Å². The van der Waals surface area contributed by atoms with Gasteiger partial charge in [0.15, 0.2) is 0 Å². The predicted octanol–water partition coefficient (Wildman–Crippen LogP) is 3.49. The second-order valence-corrected chi connectivity index (χ2v) is 9.71. The first-order valence-electron chi connectivity index (χ1n) is 11.5. The summed E-state index contributed by atoms with van der Waals surface area (Å²) in [5, 5.41) is 2.81. The van der Waals surface area contributed by atoms with Crippen LogP contribution in [-0.2, 0) is 21.2 Å². The zero-order chi connectivity index (χ0) is 26.8. The summed E-state index contributed by atoms with van der Waals surface area (Å²) in [6.07, 6.45) is 0.951. The number of pyridine rings is 1. The highest BCUT2D eigenvalue weighted by atomic mass is 32.2. The Balaban J connectivity index is 1.52. The number of carbonyl (C=O) groups is 3. The van der Waals surface area contributed by atoms with Crippen LogP contribution in [0, 0.1) is 0 Å². The fraction of sp³-hybridized carbons (Fsp3) is 0.231.